The summed E-state index contributed by atoms with van der Waals surface area (Å²) in [6, 6.07) is 51.6. The van der Waals surface area contributed by atoms with Crippen LogP contribution in [0.15, 0.2) is 170 Å². The maximum atomic E-state index is 4.84. The fraction of sp³-hybridized carbons (Fsp3) is 0. The Bertz CT molecular complexity index is 2590. The average Bonchev–Trinajstić information content (AvgIpc) is 3.95. The third-order valence-corrected chi connectivity index (χ3v) is 9.38. The fourth-order valence-electron chi connectivity index (χ4n) is 7.29. The normalized spacial score (nSPS) is 11.8. The number of rotatable bonds is 5. The smallest absolute Gasteiger partial charge is 0.181 e. The maximum Gasteiger partial charge on any atom is 0.181 e. The molecule has 10 rings (SSSR count). The molecule has 0 N–H and O–H groups in total. The van der Waals surface area contributed by atoms with Gasteiger partial charge in [-0.15, -0.1) is 0 Å². The van der Waals surface area contributed by atoms with Gasteiger partial charge >= 0.3 is 0 Å². The highest BCUT2D eigenvalue weighted by Gasteiger charge is 2.19. The molecule has 0 aliphatic carbocycles. The zero-order valence-electron chi connectivity index (χ0n) is 25.8. The molecule has 0 saturated heterocycles. The van der Waals surface area contributed by atoms with Crippen molar-refractivity contribution in [1.82, 2.24) is 28.2 Å². The van der Waals surface area contributed by atoms with Gasteiger partial charge in [0, 0.05) is 69.1 Å². The molecule has 0 radical (unpaired) electrons. The summed E-state index contributed by atoms with van der Waals surface area (Å²) in [7, 11) is 0. The van der Waals surface area contributed by atoms with E-state index in [1.165, 1.54) is 32.6 Å². The topological polar surface area (TPSA) is 45.5 Å². The third-order valence-electron chi connectivity index (χ3n) is 9.38. The highest BCUT2D eigenvalue weighted by Crippen LogP contribution is 2.36. The Labute approximate surface area is 276 Å². The van der Waals surface area contributed by atoms with Crippen LogP contribution in [-0.2, 0) is 0 Å². The van der Waals surface area contributed by atoms with E-state index >= 15 is 0 Å². The molecule has 10 aromatic rings. The van der Waals surface area contributed by atoms with E-state index in [1.807, 2.05) is 24.8 Å². The van der Waals surface area contributed by atoms with Crippen molar-refractivity contribution < 1.29 is 0 Å². The number of benzene rings is 6. The van der Waals surface area contributed by atoms with E-state index < -0.39 is 0 Å². The first-order valence-electron chi connectivity index (χ1n) is 16.1. The molecule has 0 aliphatic heterocycles. The highest BCUT2D eigenvalue weighted by molar-refractivity contribution is 6.11. The van der Waals surface area contributed by atoms with Crippen LogP contribution in [0.5, 0.6) is 0 Å². The lowest BCUT2D eigenvalue weighted by molar-refractivity contribution is 0.989. The first-order valence-corrected chi connectivity index (χ1v) is 16.1. The van der Waals surface area contributed by atoms with Gasteiger partial charge in [-0.25, -0.2) is 9.97 Å². The molecule has 4 heterocycles. The van der Waals surface area contributed by atoms with Crippen LogP contribution in [0.2, 0.25) is 0 Å². The Kier molecular flexibility index (Phi) is 5.77. The van der Waals surface area contributed by atoms with Crippen molar-refractivity contribution in [2.24, 2.45) is 0 Å². The van der Waals surface area contributed by atoms with Gasteiger partial charge in [-0.2, -0.15) is 0 Å². The van der Waals surface area contributed by atoms with E-state index in [0.717, 1.165) is 45.4 Å². The molecule has 6 nitrogen and oxygen atoms in total. The SMILES string of the molecule is c1ccc(-n2c3ccccc3c3cc(-n4ccnc4-c4nccn4-c4ccc5c(c4)c4ccccc4n5-c4ccccc4)ccc32)cc1. The number of fused-ring (bicyclic) bond motifs is 6. The van der Waals surface area contributed by atoms with Gasteiger partial charge in [0.05, 0.1) is 22.1 Å². The van der Waals surface area contributed by atoms with Gasteiger partial charge in [0.1, 0.15) is 0 Å². The Hall–Kier alpha value is -6.66. The Morgan fingerprint density at radius 3 is 1.19 bits per heavy atom. The third kappa shape index (κ3) is 3.93. The summed E-state index contributed by atoms with van der Waals surface area (Å²) >= 11 is 0. The predicted octanol–water partition coefficient (Wildman–Crippen LogP) is 9.92. The molecule has 6 aromatic carbocycles. The summed E-state index contributed by atoms with van der Waals surface area (Å²) in [5.41, 5.74) is 9.04. The van der Waals surface area contributed by atoms with Crippen LogP contribution >= 0.6 is 0 Å². The minimum absolute atomic E-state index is 0.776. The molecule has 6 heteroatoms. The van der Waals surface area contributed by atoms with Crippen molar-refractivity contribution in [1.29, 1.82) is 0 Å². The van der Waals surface area contributed by atoms with Gasteiger partial charge < -0.3 is 9.13 Å². The molecule has 0 unspecified atom stereocenters. The fourth-order valence-corrected chi connectivity index (χ4v) is 7.29. The second-order valence-corrected chi connectivity index (χ2v) is 12.0. The standard InChI is InChI=1S/C42H28N6/c1-3-11-29(12-4-1)47-37-17-9-7-15-33(37)35-27-31(19-21-39(35)47)45-25-23-43-41(45)42-44-24-26-46(42)32-20-22-40-36(28-32)34-16-8-10-18-38(34)48(40)30-13-5-2-6-14-30/h1-28H. The molecule has 0 fully saturated rings. The van der Waals surface area contributed by atoms with E-state index in [2.05, 4.69) is 164 Å². The van der Waals surface area contributed by atoms with Gasteiger partial charge in [0.2, 0.25) is 0 Å². The molecule has 0 amide bonds. The highest BCUT2D eigenvalue weighted by atomic mass is 15.2. The van der Waals surface area contributed by atoms with Gasteiger partial charge in [0.25, 0.3) is 0 Å². The minimum atomic E-state index is 0.776. The maximum absolute atomic E-state index is 4.84. The molecule has 0 bridgehead atoms. The molecule has 0 spiro atoms. The van der Waals surface area contributed by atoms with E-state index in [1.54, 1.807) is 0 Å². The number of aromatic nitrogens is 6. The number of imidazole rings is 2. The Morgan fingerprint density at radius 2 is 0.729 bits per heavy atom. The predicted molar refractivity (Wildman–Crippen MR) is 195 cm³/mol. The molecular weight excluding hydrogens is 589 g/mol. The molecule has 4 aromatic heterocycles. The summed E-state index contributed by atoms with van der Waals surface area (Å²) in [6.07, 6.45) is 7.73. The largest absolute Gasteiger partial charge is 0.309 e. The van der Waals surface area contributed by atoms with Crippen LogP contribution in [0.3, 0.4) is 0 Å². The summed E-state index contributed by atoms with van der Waals surface area (Å²) in [5, 5.41) is 4.80. The van der Waals surface area contributed by atoms with Crippen molar-refractivity contribution in [2.45, 2.75) is 0 Å². The van der Waals surface area contributed by atoms with Crippen LogP contribution < -0.4 is 0 Å². The first-order chi connectivity index (χ1) is 23.8. The molecule has 48 heavy (non-hydrogen) atoms. The van der Waals surface area contributed by atoms with Gasteiger partial charge in [-0.1, -0.05) is 72.8 Å². The molecule has 226 valence electrons. The van der Waals surface area contributed by atoms with Gasteiger partial charge in [-0.3, -0.25) is 9.13 Å². The van der Waals surface area contributed by atoms with E-state index in [9.17, 15) is 0 Å². The van der Waals surface area contributed by atoms with Crippen LogP contribution in [0.1, 0.15) is 0 Å². The van der Waals surface area contributed by atoms with Crippen molar-refractivity contribution in [2.75, 3.05) is 0 Å². The van der Waals surface area contributed by atoms with Crippen LogP contribution in [-0.4, -0.2) is 28.2 Å². The van der Waals surface area contributed by atoms with Gasteiger partial charge in [0.15, 0.2) is 11.6 Å². The monoisotopic (exact) mass is 616 g/mol. The second-order valence-electron chi connectivity index (χ2n) is 12.0. The van der Waals surface area contributed by atoms with Crippen molar-refractivity contribution in [3.63, 3.8) is 0 Å². The molecule has 0 atom stereocenters. The van der Waals surface area contributed by atoms with Gasteiger partial charge in [-0.05, 0) is 72.8 Å². The molecule has 0 aliphatic rings. The van der Waals surface area contributed by atoms with Crippen LogP contribution in [0.4, 0.5) is 0 Å². The van der Waals surface area contributed by atoms with Crippen LogP contribution in [0.25, 0.3) is 78.0 Å². The van der Waals surface area contributed by atoms with E-state index in [4.69, 9.17) is 9.97 Å². The summed E-state index contributed by atoms with van der Waals surface area (Å²) < 4.78 is 8.93. The molecule has 0 saturated carbocycles. The summed E-state index contributed by atoms with van der Waals surface area (Å²) in [4.78, 5) is 9.69. The average molecular weight is 617 g/mol. The number of para-hydroxylation sites is 4. The zero-order chi connectivity index (χ0) is 31.6. The minimum Gasteiger partial charge on any atom is -0.309 e. The lowest BCUT2D eigenvalue weighted by atomic mass is 10.1. The lowest BCUT2D eigenvalue weighted by Crippen LogP contribution is -2.03. The quantitative estimate of drug-likeness (QED) is 0.193. The van der Waals surface area contributed by atoms with Crippen molar-refractivity contribution in [3.8, 4) is 34.4 Å². The van der Waals surface area contributed by atoms with Crippen molar-refractivity contribution in [3.05, 3.63) is 170 Å². The Morgan fingerprint density at radius 1 is 0.333 bits per heavy atom. The molecular formula is C42H28N6. The Balaban J connectivity index is 1.11. The lowest BCUT2D eigenvalue weighted by Gasteiger charge is -2.12. The summed E-state index contributed by atoms with van der Waals surface area (Å²) in [6.45, 7) is 0. The second kappa shape index (κ2) is 10.4. The number of hydrogen-bond acceptors (Lipinski definition) is 2. The number of hydrogen-bond donors (Lipinski definition) is 0. The van der Waals surface area contributed by atoms with Crippen molar-refractivity contribution >= 4 is 43.6 Å². The first kappa shape index (κ1) is 26.5. The van der Waals surface area contributed by atoms with E-state index in [0.29, 0.717) is 0 Å². The van der Waals surface area contributed by atoms with Crippen LogP contribution in [0, 0.1) is 0 Å². The zero-order valence-corrected chi connectivity index (χ0v) is 25.8. The summed E-state index contributed by atoms with van der Waals surface area (Å²) in [5.74, 6) is 1.55. The number of nitrogens with zero attached hydrogens (tertiary/aromatic N) is 6. The van der Waals surface area contributed by atoms with E-state index in [-0.39, 0.29) is 0 Å².